The van der Waals surface area contributed by atoms with E-state index >= 15 is 0 Å². The predicted octanol–water partition coefficient (Wildman–Crippen LogP) is 10.2. The van der Waals surface area contributed by atoms with E-state index in [2.05, 4.69) is 54.6 Å². The summed E-state index contributed by atoms with van der Waals surface area (Å²) in [6.07, 6.45) is 27.6. The van der Waals surface area contributed by atoms with Gasteiger partial charge in [0.2, 0.25) is 0 Å². The van der Waals surface area contributed by atoms with Gasteiger partial charge in [0.15, 0.2) is 0 Å². The van der Waals surface area contributed by atoms with Crippen LogP contribution in [0.2, 0.25) is 0 Å². The number of benzene rings is 2. The molecule has 5 aliphatic rings. The zero-order valence-corrected chi connectivity index (χ0v) is 26.1. The van der Waals surface area contributed by atoms with Gasteiger partial charge in [-0.15, -0.1) is 0 Å². The minimum Gasteiger partial charge on any atom is -0.508 e. The molecule has 230 valence electrons. The highest BCUT2D eigenvalue weighted by molar-refractivity contribution is 5.73. The van der Waals surface area contributed by atoms with Gasteiger partial charge < -0.3 is 10.2 Å². The van der Waals surface area contributed by atoms with E-state index in [1.165, 1.54) is 80.1 Å². The van der Waals surface area contributed by atoms with Crippen LogP contribution in [0.4, 0.5) is 0 Å². The lowest BCUT2D eigenvalue weighted by molar-refractivity contribution is -0.145. The van der Waals surface area contributed by atoms with Gasteiger partial charge >= 0.3 is 5.97 Å². The van der Waals surface area contributed by atoms with E-state index in [1.54, 1.807) is 0 Å². The molecule has 3 nitrogen and oxygen atoms in total. The minimum absolute atomic E-state index is 0.0173. The van der Waals surface area contributed by atoms with Gasteiger partial charge in [-0.1, -0.05) is 105 Å². The predicted molar refractivity (Wildman–Crippen MR) is 175 cm³/mol. The van der Waals surface area contributed by atoms with E-state index in [0.717, 1.165) is 57.3 Å². The lowest BCUT2D eigenvalue weighted by atomic mass is 9.56. The van der Waals surface area contributed by atoms with Gasteiger partial charge in [0.1, 0.15) is 5.75 Å². The van der Waals surface area contributed by atoms with Crippen LogP contribution >= 0.6 is 0 Å². The van der Waals surface area contributed by atoms with Gasteiger partial charge in [-0.25, -0.2) is 0 Å². The largest absolute Gasteiger partial charge is 0.508 e. The van der Waals surface area contributed by atoms with Gasteiger partial charge in [-0.05, 0) is 111 Å². The standard InChI is InChI=1S/C40H52O3/c41-36-20-18-33(19-21-36)40-26-23-31(27-35(40)15-5-2-1-4-11-30-12-6-7-13-30)17-22-37(38(42)43)39(24-8-3-9-25-39)34-16-10-14-32(28-34)29-40/h6,10,12,14,16-21,28,30,35,37,41H,1-5,7-9,11,13,15,22-27,29H2,(H,42,43)/b31-17+/t30-,35-,37+,40+/m1/s1. The SMILES string of the molecule is O=C(O)[C@@H]1C/C=C2\CC[C@@](c3ccc(O)cc3)(Cc3cccc(c3)C13CCCCC3)[C@H](CCCCCC[C@@H]1C=CCC1)C2. The number of rotatable bonds is 9. The number of fused-ring (bicyclic) bond motifs is 4. The van der Waals surface area contributed by atoms with E-state index in [1.807, 2.05) is 12.1 Å². The molecule has 5 aliphatic carbocycles. The van der Waals surface area contributed by atoms with Crippen LogP contribution in [0.25, 0.3) is 0 Å². The molecule has 2 fully saturated rings. The van der Waals surface area contributed by atoms with Crippen molar-refractivity contribution in [3.8, 4) is 5.75 Å². The second kappa shape index (κ2) is 13.4. The number of carbonyl (C=O) groups is 1. The van der Waals surface area contributed by atoms with Gasteiger partial charge in [0.25, 0.3) is 0 Å². The number of phenolic OH excluding ortho intramolecular Hbond substituents is 1. The third-order valence-corrected chi connectivity index (χ3v) is 12.0. The molecule has 0 heterocycles. The zero-order valence-electron chi connectivity index (χ0n) is 26.1. The number of carboxylic acid groups (broad SMARTS) is 1. The first-order valence-corrected chi connectivity index (χ1v) is 17.4. The van der Waals surface area contributed by atoms with Crippen molar-refractivity contribution in [3.63, 3.8) is 0 Å². The number of hydrogen-bond acceptors (Lipinski definition) is 2. The molecule has 0 unspecified atom stereocenters. The van der Waals surface area contributed by atoms with E-state index in [-0.39, 0.29) is 16.7 Å². The van der Waals surface area contributed by atoms with Crippen molar-refractivity contribution >= 4 is 5.97 Å². The Labute approximate surface area is 259 Å². The summed E-state index contributed by atoms with van der Waals surface area (Å²) in [5.41, 5.74) is 5.18. The highest BCUT2D eigenvalue weighted by Crippen LogP contribution is 2.53. The van der Waals surface area contributed by atoms with Crippen LogP contribution in [-0.4, -0.2) is 16.2 Å². The molecule has 2 aromatic rings. The fraction of sp³-hybridized carbons (Fsp3) is 0.575. The molecule has 4 atom stereocenters. The third-order valence-electron chi connectivity index (χ3n) is 12.0. The molecule has 0 amide bonds. The van der Waals surface area contributed by atoms with Gasteiger partial charge in [-0.2, -0.15) is 0 Å². The number of aliphatic carboxylic acids is 1. The second-order valence-electron chi connectivity index (χ2n) is 14.4. The van der Waals surface area contributed by atoms with Crippen molar-refractivity contribution in [2.24, 2.45) is 17.8 Å². The third kappa shape index (κ3) is 6.52. The Bertz CT molecular complexity index is 1300. The number of carboxylic acids is 1. The summed E-state index contributed by atoms with van der Waals surface area (Å²) in [5, 5.41) is 20.8. The average molecular weight is 581 g/mol. The molecule has 0 aliphatic heterocycles. The number of hydrogen-bond donors (Lipinski definition) is 2. The Morgan fingerprint density at radius 3 is 2.40 bits per heavy atom. The molecule has 7 rings (SSSR count). The fourth-order valence-corrected chi connectivity index (χ4v) is 9.58. The maximum atomic E-state index is 12.9. The monoisotopic (exact) mass is 580 g/mol. The summed E-state index contributed by atoms with van der Waals surface area (Å²) in [6, 6.07) is 17.3. The summed E-state index contributed by atoms with van der Waals surface area (Å²) in [4.78, 5) is 12.9. The van der Waals surface area contributed by atoms with Gasteiger partial charge in [0.05, 0.1) is 5.92 Å². The van der Waals surface area contributed by atoms with E-state index in [4.69, 9.17) is 0 Å². The van der Waals surface area contributed by atoms with Crippen LogP contribution < -0.4 is 0 Å². The minimum atomic E-state index is -0.625. The fourth-order valence-electron chi connectivity index (χ4n) is 9.58. The molecular weight excluding hydrogens is 528 g/mol. The van der Waals surface area contributed by atoms with Crippen molar-refractivity contribution in [3.05, 3.63) is 89.0 Å². The van der Waals surface area contributed by atoms with Crippen molar-refractivity contribution in [2.45, 2.75) is 126 Å². The maximum Gasteiger partial charge on any atom is 0.307 e. The van der Waals surface area contributed by atoms with Crippen LogP contribution in [0, 0.1) is 17.8 Å². The number of allylic oxidation sites excluding steroid dienone is 4. The molecular formula is C40H52O3. The number of phenols is 1. The number of unbranched alkanes of at least 4 members (excludes halogenated alkanes) is 3. The van der Waals surface area contributed by atoms with Gasteiger partial charge in [0, 0.05) is 10.8 Å². The molecule has 4 bridgehead atoms. The first kappa shape index (κ1) is 30.2. The summed E-state index contributed by atoms with van der Waals surface area (Å²) in [5.74, 6) is 0.654. The van der Waals surface area contributed by atoms with Gasteiger partial charge in [-0.3, -0.25) is 4.79 Å². The van der Waals surface area contributed by atoms with Crippen LogP contribution in [0.5, 0.6) is 5.75 Å². The number of aromatic hydroxyl groups is 1. The van der Waals surface area contributed by atoms with Crippen molar-refractivity contribution in [1.29, 1.82) is 0 Å². The van der Waals surface area contributed by atoms with Crippen molar-refractivity contribution in [2.75, 3.05) is 0 Å². The average Bonchev–Trinajstić information content (AvgIpc) is 3.54. The van der Waals surface area contributed by atoms with Crippen LogP contribution in [0.15, 0.2) is 72.3 Å². The van der Waals surface area contributed by atoms with Crippen LogP contribution in [-0.2, 0) is 22.0 Å². The molecule has 0 radical (unpaired) electrons. The molecule has 2 saturated carbocycles. The Kier molecular flexibility index (Phi) is 9.45. The lowest BCUT2D eigenvalue weighted by Gasteiger charge is -2.48. The smallest absolute Gasteiger partial charge is 0.307 e. The Hall–Kier alpha value is -2.81. The van der Waals surface area contributed by atoms with Crippen molar-refractivity contribution in [1.82, 2.24) is 0 Å². The molecule has 2 N–H and O–H groups in total. The maximum absolute atomic E-state index is 12.9. The Morgan fingerprint density at radius 2 is 1.65 bits per heavy atom. The highest BCUT2D eigenvalue weighted by atomic mass is 16.4. The molecule has 43 heavy (non-hydrogen) atoms. The molecule has 0 aromatic heterocycles. The molecule has 2 aromatic carbocycles. The van der Waals surface area contributed by atoms with E-state index in [9.17, 15) is 15.0 Å². The van der Waals surface area contributed by atoms with Crippen LogP contribution in [0.3, 0.4) is 0 Å². The van der Waals surface area contributed by atoms with Crippen molar-refractivity contribution < 1.29 is 15.0 Å². The molecule has 3 heteroatoms. The van der Waals surface area contributed by atoms with E-state index < -0.39 is 5.97 Å². The quantitative estimate of drug-likeness (QED) is 0.229. The summed E-state index contributed by atoms with van der Waals surface area (Å²) in [7, 11) is 0. The first-order valence-electron chi connectivity index (χ1n) is 17.4. The highest BCUT2D eigenvalue weighted by Gasteiger charge is 2.47. The topological polar surface area (TPSA) is 57.5 Å². The summed E-state index contributed by atoms with van der Waals surface area (Å²) < 4.78 is 0. The summed E-state index contributed by atoms with van der Waals surface area (Å²) in [6.45, 7) is 0. The second-order valence-corrected chi connectivity index (χ2v) is 14.4. The zero-order chi connectivity index (χ0) is 29.7. The Balaban J connectivity index is 1.32. The van der Waals surface area contributed by atoms with E-state index in [0.29, 0.717) is 18.1 Å². The molecule has 1 spiro atoms. The normalized spacial score (nSPS) is 29.5. The lowest BCUT2D eigenvalue weighted by Crippen LogP contribution is -2.43. The Morgan fingerprint density at radius 1 is 0.860 bits per heavy atom. The summed E-state index contributed by atoms with van der Waals surface area (Å²) >= 11 is 0. The molecule has 0 saturated heterocycles. The first-order chi connectivity index (χ1) is 21.0. The van der Waals surface area contributed by atoms with Crippen LogP contribution in [0.1, 0.15) is 126 Å².